The van der Waals surface area contributed by atoms with Crippen LogP contribution in [0.3, 0.4) is 0 Å². The summed E-state index contributed by atoms with van der Waals surface area (Å²) in [4.78, 5) is 31.2. The fourth-order valence-electron chi connectivity index (χ4n) is 3.59. The molecular weight excluding hydrogens is 364 g/mol. The van der Waals surface area contributed by atoms with Gasteiger partial charge in [0.2, 0.25) is 11.8 Å². The van der Waals surface area contributed by atoms with Crippen LogP contribution in [0.1, 0.15) is 24.1 Å². The maximum absolute atomic E-state index is 12.5. The molecule has 29 heavy (non-hydrogen) atoms. The third kappa shape index (κ3) is 4.71. The van der Waals surface area contributed by atoms with Gasteiger partial charge in [-0.15, -0.1) is 0 Å². The zero-order valence-electron chi connectivity index (χ0n) is 16.2. The van der Waals surface area contributed by atoms with Crippen LogP contribution in [0, 0.1) is 5.92 Å². The summed E-state index contributed by atoms with van der Waals surface area (Å²) in [6.45, 7) is 1.62. The fraction of sp³-hybridized carbons (Fsp3) is 0.261. The summed E-state index contributed by atoms with van der Waals surface area (Å²) < 4.78 is 1.94. The van der Waals surface area contributed by atoms with Gasteiger partial charge in [-0.3, -0.25) is 9.59 Å². The van der Waals surface area contributed by atoms with Gasteiger partial charge in [0.25, 0.3) is 0 Å². The minimum Gasteiger partial charge on any atom is -0.350 e. The number of amides is 2. The molecule has 148 valence electrons. The monoisotopic (exact) mass is 388 g/mol. The molecular formula is C23H24N4O2. The Morgan fingerprint density at radius 2 is 1.83 bits per heavy atom. The molecule has 3 aromatic rings. The number of rotatable bonds is 5. The summed E-state index contributed by atoms with van der Waals surface area (Å²) in [5.41, 5.74) is 2.71. The zero-order chi connectivity index (χ0) is 20.1. The summed E-state index contributed by atoms with van der Waals surface area (Å²) in [6.07, 6.45) is 8.67. The van der Waals surface area contributed by atoms with Crippen molar-refractivity contribution in [2.24, 2.45) is 5.92 Å². The van der Waals surface area contributed by atoms with E-state index in [2.05, 4.69) is 10.3 Å². The van der Waals surface area contributed by atoms with Gasteiger partial charge in [-0.05, 0) is 36.6 Å². The first-order valence-corrected chi connectivity index (χ1v) is 9.91. The molecule has 4 rings (SSSR count). The van der Waals surface area contributed by atoms with Crippen LogP contribution in [-0.2, 0) is 16.1 Å². The molecule has 0 atom stereocenters. The Bertz CT molecular complexity index is 985. The number of nitrogens with one attached hydrogen (secondary N) is 1. The molecule has 1 aliphatic rings. The van der Waals surface area contributed by atoms with E-state index in [4.69, 9.17) is 0 Å². The van der Waals surface area contributed by atoms with Crippen molar-refractivity contribution in [3.63, 3.8) is 0 Å². The average Bonchev–Trinajstić information content (AvgIpc) is 3.20. The highest BCUT2D eigenvalue weighted by molar-refractivity contribution is 5.92. The molecule has 1 aliphatic heterocycles. The molecule has 1 N–H and O–H groups in total. The quantitative estimate of drug-likeness (QED) is 0.684. The molecule has 1 aromatic carbocycles. The molecule has 0 aliphatic carbocycles. The lowest BCUT2D eigenvalue weighted by atomic mass is 9.96. The first-order chi connectivity index (χ1) is 14.2. The van der Waals surface area contributed by atoms with Gasteiger partial charge in [-0.25, -0.2) is 4.98 Å². The number of likely N-dealkylation sites (tertiary alicyclic amines) is 1. The standard InChI is InChI=1S/C23H24N4O2/c28-22(10-9-18-6-2-1-3-7-18)26-14-11-19(12-15-26)23(29)24-16-20-17-27-13-5-4-8-21(27)25-20/h1-10,13,17,19H,11-12,14-16H2,(H,24,29). The van der Waals surface area contributed by atoms with Crippen LogP contribution in [0.2, 0.25) is 0 Å². The molecule has 0 bridgehead atoms. The number of piperidine rings is 1. The third-order valence-electron chi connectivity index (χ3n) is 5.25. The smallest absolute Gasteiger partial charge is 0.246 e. The molecule has 0 spiro atoms. The number of benzene rings is 1. The molecule has 0 radical (unpaired) electrons. The Hall–Kier alpha value is -3.41. The predicted octanol–water partition coefficient (Wildman–Crippen LogP) is 2.90. The Balaban J connectivity index is 1.25. The summed E-state index contributed by atoms with van der Waals surface area (Å²) in [5.74, 6) is -0.0272. The van der Waals surface area contributed by atoms with E-state index in [1.54, 1.807) is 6.08 Å². The summed E-state index contributed by atoms with van der Waals surface area (Å²) in [7, 11) is 0. The van der Waals surface area contributed by atoms with E-state index < -0.39 is 0 Å². The number of fused-ring (bicyclic) bond motifs is 1. The number of hydrogen-bond donors (Lipinski definition) is 1. The SMILES string of the molecule is O=C(NCc1cn2ccccc2n1)C1CCN(C(=O)C=Cc2ccccc2)CC1. The van der Waals surface area contributed by atoms with Crippen LogP contribution in [-0.4, -0.2) is 39.2 Å². The molecule has 1 saturated heterocycles. The van der Waals surface area contributed by atoms with Crippen molar-refractivity contribution >= 4 is 23.5 Å². The highest BCUT2D eigenvalue weighted by Crippen LogP contribution is 2.18. The van der Waals surface area contributed by atoms with Gasteiger partial charge in [-0.1, -0.05) is 36.4 Å². The number of imidazole rings is 1. The summed E-state index contributed by atoms with van der Waals surface area (Å²) in [6, 6.07) is 15.6. The van der Waals surface area contributed by atoms with Crippen molar-refractivity contribution in [3.8, 4) is 0 Å². The molecule has 0 saturated carbocycles. The van der Waals surface area contributed by atoms with Gasteiger partial charge >= 0.3 is 0 Å². The van der Waals surface area contributed by atoms with E-state index in [0.29, 0.717) is 32.5 Å². The number of carbonyl (C=O) groups is 2. The van der Waals surface area contributed by atoms with Crippen LogP contribution in [0.15, 0.2) is 67.0 Å². The van der Waals surface area contributed by atoms with E-state index in [1.165, 1.54) is 0 Å². The van der Waals surface area contributed by atoms with Gasteiger partial charge < -0.3 is 14.6 Å². The molecule has 3 heterocycles. The van der Waals surface area contributed by atoms with E-state index in [0.717, 1.165) is 16.9 Å². The van der Waals surface area contributed by atoms with E-state index in [-0.39, 0.29) is 17.7 Å². The second kappa shape index (κ2) is 8.73. The number of aromatic nitrogens is 2. The highest BCUT2D eigenvalue weighted by Gasteiger charge is 2.26. The van der Waals surface area contributed by atoms with Crippen LogP contribution in [0.25, 0.3) is 11.7 Å². The second-order valence-electron chi connectivity index (χ2n) is 7.26. The average molecular weight is 388 g/mol. The Morgan fingerprint density at radius 3 is 2.59 bits per heavy atom. The largest absolute Gasteiger partial charge is 0.350 e. The Labute approximate surface area is 169 Å². The fourth-order valence-corrected chi connectivity index (χ4v) is 3.59. The van der Waals surface area contributed by atoms with Crippen molar-refractivity contribution in [1.82, 2.24) is 19.6 Å². The Morgan fingerprint density at radius 1 is 1.07 bits per heavy atom. The van der Waals surface area contributed by atoms with Crippen LogP contribution >= 0.6 is 0 Å². The van der Waals surface area contributed by atoms with Crippen molar-refractivity contribution < 1.29 is 9.59 Å². The number of hydrogen-bond acceptors (Lipinski definition) is 3. The molecule has 2 aromatic heterocycles. The van der Waals surface area contributed by atoms with E-state index in [1.807, 2.05) is 76.3 Å². The minimum absolute atomic E-state index is 0.00240. The van der Waals surface area contributed by atoms with Crippen molar-refractivity contribution in [2.45, 2.75) is 19.4 Å². The van der Waals surface area contributed by atoms with Gasteiger partial charge in [0.1, 0.15) is 5.65 Å². The van der Waals surface area contributed by atoms with Gasteiger partial charge in [0, 0.05) is 37.5 Å². The van der Waals surface area contributed by atoms with Crippen molar-refractivity contribution in [3.05, 3.63) is 78.3 Å². The van der Waals surface area contributed by atoms with E-state index >= 15 is 0 Å². The zero-order valence-corrected chi connectivity index (χ0v) is 16.2. The molecule has 1 fully saturated rings. The number of carbonyl (C=O) groups excluding carboxylic acids is 2. The number of nitrogens with zero attached hydrogens (tertiary/aromatic N) is 3. The maximum Gasteiger partial charge on any atom is 0.246 e. The maximum atomic E-state index is 12.5. The second-order valence-corrected chi connectivity index (χ2v) is 7.26. The normalized spacial score (nSPS) is 15.1. The van der Waals surface area contributed by atoms with Gasteiger partial charge in [0.05, 0.1) is 12.2 Å². The van der Waals surface area contributed by atoms with E-state index in [9.17, 15) is 9.59 Å². The Kier molecular flexibility index (Phi) is 5.70. The van der Waals surface area contributed by atoms with Gasteiger partial charge in [-0.2, -0.15) is 0 Å². The predicted molar refractivity (Wildman–Crippen MR) is 112 cm³/mol. The third-order valence-corrected chi connectivity index (χ3v) is 5.25. The first kappa shape index (κ1) is 18.9. The molecule has 6 nitrogen and oxygen atoms in total. The first-order valence-electron chi connectivity index (χ1n) is 9.91. The van der Waals surface area contributed by atoms with Crippen molar-refractivity contribution in [1.29, 1.82) is 0 Å². The molecule has 0 unspecified atom stereocenters. The molecule has 6 heteroatoms. The van der Waals surface area contributed by atoms with Crippen LogP contribution < -0.4 is 5.32 Å². The lowest BCUT2D eigenvalue weighted by Gasteiger charge is -2.30. The van der Waals surface area contributed by atoms with Crippen LogP contribution in [0.5, 0.6) is 0 Å². The summed E-state index contributed by atoms with van der Waals surface area (Å²) >= 11 is 0. The number of pyridine rings is 1. The highest BCUT2D eigenvalue weighted by atomic mass is 16.2. The summed E-state index contributed by atoms with van der Waals surface area (Å²) in [5, 5.41) is 2.99. The van der Waals surface area contributed by atoms with Crippen molar-refractivity contribution in [2.75, 3.05) is 13.1 Å². The van der Waals surface area contributed by atoms with Crippen LogP contribution in [0.4, 0.5) is 0 Å². The lowest BCUT2D eigenvalue weighted by molar-refractivity contribution is -0.132. The molecule has 2 amide bonds. The topological polar surface area (TPSA) is 66.7 Å². The lowest BCUT2D eigenvalue weighted by Crippen LogP contribution is -2.42. The van der Waals surface area contributed by atoms with Gasteiger partial charge in [0.15, 0.2) is 0 Å². The minimum atomic E-state index is -0.0609.